The van der Waals surface area contributed by atoms with Gasteiger partial charge in [0.1, 0.15) is 0 Å². The Hall–Kier alpha value is -1.02. The molecule has 0 aromatic heterocycles. The molecule has 2 fully saturated rings. The number of rotatable bonds is 2. The Kier molecular flexibility index (Phi) is 3.79. The van der Waals surface area contributed by atoms with Gasteiger partial charge in [-0.05, 0) is 49.8 Å². The molecule has 0 N–H and O–H groups in total. The summed E-state index contributed by atoms with van der Waals surface area (Å²) in [6.07, 6.45) is 8.82. The highest BCUT2D eigenvalue weighted by Gasteiger charge is 2.34. The number of nitrogens with zero attached hydrogens (tertiary/aromatic N) is 1. The van der Waals surface area contributed by atoms with Crippen molar-refractivity contribution in [1.82, 2.24) is 0 Å². The van der Waals surface area contributed by atoms with Crippen LogP contribution in [0, 0.1) is 5.92 Å². The average Bonchev–Trinajstić information content (AvgIpc) is 2.46. The van der Waals surface area contributed by atoms with E-state index in [1.165, 1.54) is 38.5 Å². The average molecular weight is 278 g/mol. The number of hydrogen-bond donors (Lipinski definition) is 0. The Bertz CT molecular complexity index is 472. The third-order valence-electron chi connectivity index (χ3n) is 4.67. The summed E-state index contributed by atoms with van der Waals surface area (Å²) in [4.78, 5) is 13.7. The van der Waals surface area contributed by atoms with E-state index in [0.29, 0.717) is 6.04 Å². The van der Waals surface area contributed by atoms with Gasteiger partial charge in [-0.1, -0.05) is 24.4 Å². The van der Waals surface area contributed by atoms with Crippen molar-refractivity contribution < 1.29 is 4.79 Å². The van der Waals surface area contributed by atoms with E-state index in [1.807, 2.05) is 12.1 Å². The number of benzene rings is 1. The number of hydrogen-bond acceptors (Lipinski definition) is 2. The molecule has 1 heterocycles. The second-order valence-electron chi connectivity index (χ2n) is 5.77. The molecular weight excluding hydrogens is 258 g/mol. The number of fused-ring (bicyclic) bond motifs is 1. The van der Waals surface area contributed by atoms with Gasteiger partial charge in [-0.15, -0.1) is 0 Å². The molecule has 1 aliphatic carbocycles. The van der Waals surface area contributed by atoms with Crippen LogP contribution < -0.4 is 4.90 Å². The number of aldehydes is 1. The molecule has 1 saturated carbocycles. The SMILES string of the molecule is O=Cc1ccc(Cl)cc1N1CCCC2CCCCC21. The summed E-state index contributed by atoms with van der Waals surface area (Å²) in [5, 5.41) is 0.721. The van der Waals surface area contributed by atoms with Crippen molar-refractivity contribution in [2.75, 3.05) is 11.4 Å². The van der Waals surface area contributed by atoms with Gasteiger partial charge in [0.05, 0.1) is 0 Å². The van der Waals surface area contributed by atoms with Gasteiger partial charge < -0.3 is 4.90 Å². The molecule has 1 aliphatic heterocycles. The molecule has 2 aliphatic rings. The number of piperidine rings is 1. The van der Waals surface area contributed by atoms with Crippen LogP contribution in [0.5, 0.6) is 0 Å². The largest absolute Gasteiger partial charge is 0.368 e. The van der Waals surface area contributed by atoms with Crippen molar-refractivity contribution in [2.24, 2.45) is 5.92 Å². The molecule has 0 spiro atoms. The molecule has 3 rings (SSSR count). The van der Waals surface area contributed by atoms with E-state index in [2.05, 4.69) is 4.90 Å². The van der Waals surface area contributed by atoms with Crippen LogP contribution in [-0.4, -0.2) is 18.9 Å². The maximum Gasteiger partial charge on any atom is 0.152 e. The van der Waals surface area contributed by atoms with Gasteiger partial charge in [0.2, 0.25) is 0 Å². The van der Waals surface area contributed by atoms with E-state index >= 15 is 0 Å². The molecular formula is C16H20ClNO. The number of carbonyl (C=O) groups excluding carboxylic acids is 1. The summed E-state index contributed by atoms with van der Waals surface area (Å²) in [7, 11) is 0. The van der Waals surface area contributed by atoms with Crippen LogP contribution in [0.4, 0.5) is 5.69 Å². The van der Waals surface area contributed by atoms with Crippen molar-refractivity contribution in [3.05, 3.63) is 28.8 Å². The zero-order valence-corrected chi connectivity index (χ0v) is 11.9. The molecule has 2 unspecified atom stereocenters. The number of anilines is 1. The van der Waals surface area contributed by atoms with E-state index in [0.717, 1.165) is 35.0 Å². The fourth-order valence-corrected chi connectivity index (χ4v) is 3.96. The molecule has 2 nitrogen and oxygen atoms in total. The normalized spacial score (nSPS) is 26.9. The molecule has 1 saturated heterocycles. The molecule has 1 aromatic carbocycles. The van der Waals surface area contributed by atoms with E-state index in [1.54, 1.807) is 6.07 Å². The Morgan fingerprint density at radius 1 is 1.16 bits per heavy atom. The molecule has 0 amide bonds. The zero-order valence-electron chi connectivity index (χ0n) is 11.1. The Labute approximate surface area is 119 Å². The summed E-state index contributed by atoms with van der Waals surface area (Å²) >= 11 is 6.13. The third-order valence-corrected chi connectivity index (χ3v) is 4.91. The molecule has 2 atom stereocenters. The maximum absolute atomic E-state index is 11.3. The van der Waals surface area contributed by atoms with Gasteiger partial charge in [-0.3, -0.25) is 4.79 Å². The Morgan fingerprint density at radius 2 is 1.95 bits per heavy atom. The monoisotopic (exact) mass is 277 g/mol. The van der Waals surface area contributed by atoms with Crippen LogP contribution in [0.15, 0.2) is 18.2 Å². The van der Waals surface area contributed by atoms with E-state index in [-0.39, 0.29) is 0 Å². The van der Waals surface area contributed by atoms with Crippen LogP contribution in [0.1, 0.15) is 48.9 Å². The fraction of sp³-hybridized carbons (Fsp3) is 0.562. The topological polar surface area (TPSA) is 20.3 Å². The lowest BCUT2D eigenvalue weighted by Gasteiger charge is -2.45. The van der Waals surface area contributed by atoms with Gasteiger partial charge in [0.25, 0.3) is 0 Å². The van der Waals surface area contributed by atoms with E-state index in [9.17, 15) is 4.79 Å². The molecule has 0 bridgehead atoms. The number of carbonyl (C=O) groups is 1. The summed E-state index contributed by atoms with van der Waals surface area (Å²) in [6.45, 7) is 1.06. The second kappa shape index (κ2) is 5.54. The molecule has 102 valence electrons. The standard InChI is InChI=1S/C16H20ClNO/c17-14-8-7-13(11-19)16(10-14)18-9-3-5-12-4-1-2-6-15(12)18/h7-8,10-12,15H,1-6,9H2. The highest BCUT2D eigenvalue weighted by atomic mass is 35.5. The fourth-order valence-electron chi connectivity index (χ4n) is 3.79. The van der Waals surface area contributed by atoms with Crippen LogP contribution in [0.2, 0.25) is 5.02 Å². The van der Waals surface area contributed by atoms with Gasteiger partial charge in [-0.2, -0.15) is 0 Å². The predicted octanol–water partition coefficient (Wildman–Crippen LogP) is 4.31. The van der Waals surface area contributed by atoms with Gasteiger partial charge in [0, 0.05) is 28.9 Å². The first kappa shape index (κ1) is 13.0. The van der Waals surface area contributed by atoms with E-state index < -0.39 is 0 Å². The Morgan fingerprint density at radius 3 is 2.79 bits per heavy atom. The first-order valence-electron chi connectivity index (χ1n) is 7.31. The minimum absolute atomic E-state index is 0.611. The highest BCUT2D eigenvalue weighted by Crippen LogP contribution is 2.39. The van der Waals surface area contributed by atoms with Crippen LogP contribution in [-0.2, 0) is 0 Å². The molecule has 0 radical (unpaired) electrons. The van der Waals surface area contributed by atoms with E-state index in [4.69, 9.17) is 11.6 Å². The first-order chi connectivity index (χ1) is 9.29. The predicted molar refractivity (Wildman–Crippen MR) is 79.2 cm³/mol. The minimum Gasteiger partial charge on any atom is -0.368 e. The summed E-state index contributed by atoms with van der Waals surface area (Å²) in [5.74, 6) is 0.806. The van der Waals surface area contributed by atoms with Crippen LogP contribution in [0.25, 0.3) is 0 Å². The van der Waals surface area contributed by atoms with Gasteiger partial charge in [-0.25, -0.2) is 0 Å². The van der Waals surface area contributed by atoms with Gasteiger partial charge in [0.15, 0.2) is 6.29 Å². The molecule has 3 heteroatoms. The Balaban J connectivity index is 1.95. The summed E-state index contributed by atoms with van der Waals surface area (Å²) in [6, 6.07) is 6.22. The number of halogens is 1. The second-order valence-corrected chi connectivity index (χ2v) is 6.20. The van der Waals surface area contributed by atoms with Crippen molar-refractivity contribution in [2.45, 2.75) is 44.6 Å². The summed E-state index contributed by atoms with van der Waals surface area (Å²) in [5.41, 5.74) is 1.81. The quantitative estimate of drug-likeness (QED) is 0.751. The minimum atomic E-state index is 0.611. The van der Waals surface area contributed by atoms with Crippen molar-refractivity contribution in [3.8, 4) is 0 Å². The lowest BCUT2D eigenvalue weighted by molar-refractivity contribution is 0.112. The third kappa shape index (κ3) is 2.51. The first-order valence-corrected chi connectivity index (χ1v) is 7.69. The van der Waals surface area contributed by atoms with Crippen LogP contribution >= 0.6 is 11.6 Å². The lowest BCUT2D eigenvalue weighted by atomic mass is 9.78. The van der Waals surface area contributed by atoms with Gasteiger partial charge >= 0.3 is 0 Å². The van der Waals surface area contributed by atoms with Crippen LogP contribution in [0.3, 0.4) is 0 Å². The summed E-state index contributed by atoms with van der Waals surface area (Å²) < 4.78 is 0. The van der Waals surface area contributed by atoms with Crippen molar-refractivity contribution in [1.29, 1.82) is 0 Å². The molecule has 1 aromatic rings. The lowest BCUT2D eigenvalue weighted by Crippen LogP contribution is -2.47. The molecule has 19 heavy (non-hydrogen) atoms. The van der Waals surface area contributed by atoms with Crippen molar-refractivity contribution >= 4 is 23.6 Å². The maximum atomic E-state index is 11.3. The smallest absolute Gasteiger partial charge is 0.152 e. The highest BCUT2D eigenvalue weighted by molar-refractivity contribution is 6.31. The van der Waals surface area contributed by atoms with Crippen molar-refractivity contribution in [3.63, 3.8) is 0 Å². The zero-order chi connectivity index (χ0) is 13.2.